The van der Waals surface area contributed by atoms with Crippen molar-refractivity contribution in [2.75, 3.05) is 26.6 Å². The van der Waals surface area contributed by atoms with E-state index in [1.54, 1.807) is 0 Å². The molecule has 2 aliphatic carbocycles. The first-order valence-electron chi connectivity index (χ1n) is 9.26. The Bertz CT molecular complexity index is 518. The van der Waals surface area contributed by atoms with Crippen LogP contribution < -0.4 is 0 Å². The Labute approximate surface area is 154 Å². The molecule has 0 aromatic rings. The second kappa shape index (κ2) is 9.48. The first kappa shape index (κ1) is 20.9. The molecule has 7 nitrogen and oxygen atoms in total. The van der Waals surface area contributed by atoms with Crippen molar-refractivity contribution in [3.8, 4) is 0 Å². The average molecular weight is 370 g/mol. The fourth-order valence-electron chi connectivity index (χ4n) is 4.46. The molecular formula is C19H30O7. The topological polar surface area (TPSA) is 91.3 Å². The summed E-state index contributed by atoms with van der Waals surface area (Å²) in [5.74, 6) is -0.728. The molecule has 0 radical (unpaired) electrons. The first-order chi connectivity index (χ1) is 12.4. The van der Waals surface area contributed by atoms with Crippen molar-refractivity contribution in [3.63, 3.8) is 0 Å². The van der Waals surface area contributed by atoms with Gasteiger partial charge >= 0.3 is 11.9 Å². The highest BCUT2D eigenvalue weighted by molar-refractivity contribution is 5.84. The van der Waals surface area contributed by atoms with Crippen LogP contribution in [0.5, 0.6) is 0 Å². The Kier molecular flexibility index (Phi) is 7.61. The molecule has 0 saturated heterocycles. The van der Waals surface area contributed by atoms with Gasteiger partial charge in [-0.15, -0.1) is 0 Å². The van der Waals surface area contributed by atoms with E-state index in [-0.39, 0.29) is 43.8 Å². The molecule has 6 atom stereocenters. The zero-order valence-electron chi connectivity index (χ0n) is 15.8. The quantitative estimate of drug-likeness (QED) is 0.158. The summed E-state index contributed by atoms with van der Waals surface area (Å²) in [6.07, 6.45) is 1.24. The molecule has 0 spiro atoms. The Balaban J connectivity index is 2.01. The molecule has 148 valence electrons. The number of hydrogen-bond acceptors (Lipinski definition) is 7. The van der Waals surface area contributed by atoms with Gasteiger partial charge in [0.2, 0.25) is 0 Å². The van der Waals surface area contributed by atoms with E-state index in [9.17, 15) is 9.59 Å². The van der Waals surface area contributed by atoms with Gasteiger partial charge in [-0.05, 0) is 49.0 Å². The minimum atomic E-state index is -0.484. The van der Waals surface area contributed by atoms with Crippen LogP contribution in [-0.2, 0) is 28.7 Å². The number of hydrogen-bond donors (Lipinski definition) is 1. The summed E-state index contributed by atoms with van der Waals surface area (Å²) in [6, 6.07) is 0. The standard InChI is InChI=1S/C19H30O7/c1-5-23-10-25-19(21)17-15-8-14(12(3)13(15)4)16(17)18(20)24-9-11(2)6-7-26-22/h12-17,22H,2,5-10H2,1,3-4H3. The summed E-state index contributed by atoms with van der Waals surface area (Å²) in [4.78, 5) is 29.3. The van der Waals surface area contributed by atoms with Crippen LogP contribution >= 0.6 is 0 Å². The fraction of sp³-hybridized carbons (Fsp3) is 0.789. The monoisotopic (exact) mass is 370 g/mol. The zero-order chi connectivity index (χ0) is 19.3. The van der Waals surface area contributed by atoms with Crippen LogP contribution in [0, 0.1) is 35.5 Å². The molecule has 0 heterocycles. The molecule has 2 bridgehead atoms. The number of ether oxygens (including phenoxy) is 3. The van der Waals surface area contributed by atoms with Crippen LogP contribution in [0.3, 0.4) is 0 Å². The third-order valence-corrected chi connectivity index (χ3v) is 6.03. The maximum atomic E-state index is 12.7. The SMILES string of the molecule is C=C(CCOO)COC(=O)C1C2CC(C(C)C2C)C1C(=O)OCOCC. The van der Waals surface area contributed by atoms with Crippen molar-refractivity contribution in [2.24, 2.45) is 35.5 Å². The fourth-order valence-corrected chi connectivity index (χ4v) is 4.46. The van der Waals surface area contributed by atoms with E-state index in [0.29, 0.717) is 30.4 Å². The second-order valence-corrected chi connectivity index (χ2v) is 7.35. The Morgan fingerprint density at radius 1 is 1.08 bits per heavy atom. The lowest BCUT2D eigenvalue weighted by atomic mass is 9.69. The van der Waals surface area contributed by atoms with E-state index < -0.39 is 11.8 Å². The molecule has 26 heavy (non-hydrogen) atoms. The van der Waals surface area contributed by atoms with Crippen molar-refractivity contribution >= 4 is 11.9 Å². The van der Waals surface area contributed by atoms with Gasteiger partial charge in [-0.3, -0.25) is 14.8 Å². The summed E-state index contributed by atoms with van der Waals surface area (Å²) in [7, 11) is 0. The molecule has 0 aliphatic heterocycles. The van der Waals surface area contributed by atoms with Crippen molar-refractivity contribution < 1.29 is 33.9 Å². The molecule has 0 aromatic heterocycles. The highest BCUT2D eigenvalue weighted by Crippen LogP contribution is 2.58. The van der Waals surface area contributed by atoms with Crippen LogP contribution in [0.1, 0.15) is 33.6 Å². The van der Waals surface area contributed by atoms with Crippen LogP contribution in [0.15, 0.2) is 12.2 Å². The predicted octanol–water partition coefficient (Wildman–Crippen LogP) is 2.66. The Morgan fingerprint density at radius 3 is 2.19 bits per heavy atom. The largest absolute Gasteiger partial charge is 0.461 e. The van der Waals surface area contributed by atoms with Gasteiger partial charge in [0, 0.05) is 6.61 Å². The Hall–Kier alpha value is -1.44. The maximum Gasteiger partial charge on any atom is 0.312 e. The predicted molar refractivity (Wildman–Crippen MR) is 92.8 cm³/mol. The van der Waals surface area contributed by atoms with E-state index in [2.05, 4.69) is 25.3 Å². The van der Waals surface area contributed by atoms with Gasteiger partial charge in [0.05, 0.1) is 18.4 Å². The minimum absolute atomic E-state index is 0.0563. The lowest BCUT2D eigenvalue weighted by molar-refractivity contribution is -0.241. The van der Waals surface area contributed by atoms with E-state index in [1.165, 1.54) is 0 Å². The van der Waals surface area contributed by atoms with Crippen LogP contribution in [0.4, 0.5) is 0 Å². The van der Waals surface area contributed by atoms with Crippen LogP contribution in [0.25, 0.3) is 0 Å². The van der Waals surface area contributed by atoms with Gasteiger partial charge < -0.3 is 14.2 Å². The smallest absolute Gasteiger partial charge is 0.312 e. The van der Waals surface area contributed by atoms with Gasteiger partial charge in [0.25, 0.3) is 0 Å². The van der Waals surface area contributed by atoms with Gasteiger partial charge in [-0.1, -0.05) is 20.4 Å². The minimum Gasteiger partial charge on any atom is -0.461 e. The maximum absolute atomic E-state index is 12.7. The summed E-state index contributed by atoms with van der Waals surface area (Å²) in [6.45, 7) is 10.4. The molecule has 2 saturated carbocycles. The average Bonchev–Trinajstić information content (AvgIpc) is 3.15. The normalized spacial score (nSPS) is 32.5. The number of carbonyl (C=O) groups is 2. The van der Waals surface area contributed by atoms with E-state index >= 15 is 0 Å². The zero-order valence-corrected chi connectivity index (χ0v) is 15.8. The number of fused-ring (bicyclic) bond motifs is 2. The van der Waals surface area contributed by atoms with Crippen molar-refractivity contribution in [1.29, 1.82) is 0 Å². The second-order valence-electron chi connectivity index (χ2n) is 7.35. The lowest BCUT2D eigenvalue weighted by Gasteiger charge is -2.35. The molecule has 1 N–H and O–H groups in total. The first-order valence-corrected chi connectivity index (χ1v) is 9.26. The number of carbonyl (C=O) groups excluding carboxylic acids is 2. The molecule has 2 aliphatic rings. The third-order valence-electron chi connectivity index (χ3n) is 6.03. The van der Waals surface area contributed by atoms with Crippen LogP contribution in [0.2, 0.25) is 0 Å². The van der Waals surface area contributed by atoms with Crippen molar-refractivity contribution in [1.82, 2.24) is 0 Å². The summed E-state index contributed by atoms with van der Waals surface area (Å²) < 4.78 is 15.7. The molecule has 0 amide bonds. The van der Waals surface area contributed by atoms with Crippen molar-refractivity contribution in [3.05, 3.63) is 12.2 Å². The van der Waals surface area contributed by atoms with Gasteiger partial charge in [-0.25, -0.2) is 4.89 Å². The van der Waals surface area contributed by atoms with E-state index in [4.69, 9.17) is 19.5 Å². The lowest BCUT2D eigenvalue weighted by Crippen LogP contribution is -2.42. The van der Waals surface area contributed by atoms with Gasteiger partial charge in [-0.2, -0.15) is 0 Å². The summed E-state index contributed by atoms with van der Waals surface area (Å²) in [5.41, 5.74) is 0.646. The number of esters is 2. The van der Waals surface area contributed by atoms with E-state index in [0.717, 1.165) is 6.42 Å². The summed E-state index contributed by atoms with van der Waals surface area (Å²) in [5, 5.41) is 8.36. The molecular weight excluding hydrogens is 340 g/mol. The van der Waals surface area contributed by atoms with Crippen LogP contribution in [-0.4, -0.2) is 43.8 Å². The highest BCUT2D eigenvalue weighted by Gasteiger charge is 2.60. The molecule has 2 fully saturated rings. The Morgan fingerprint density at radius 2 is 1.65 bits per heavy atom. The van der Waals surface area contributed by atoms with Gasteiger partial charge in [0.1, 0.15) is 6.61 Å². The highest BCUT2D eigenvalue weighted by atomic mass is 17.1. The van der Waals surface area contributed by atoms with E-state index in [1.807, 2.05) is 6.92 Å². The molecule has 0 aromatic carbocycles. The van der Waals surface area contributed by atoms with Gasteiger partial charge in [0.15, 0.2) is 6.79 Å². The molecule has 7 heteroatoms. The molecule has 2 rings (SSSR count). The molecule has 6 unspecified atom stereocenters. The van der Waals surface area contributed by atoms with Crippen molar-refractivity contribution in [2.45, 2.75) is 33.6 Å². The number of rotatable bonds is 10. The summed E-state index contributed by atoms with van der Waals surface area (Å²) >= 11 is 0. The third kappa shape index (κ3) is 4.45.